The second kappa shape index (κ2) is 5.83. The number of aryl methyl sites for hydroxylation is 1. The van der Waals surface area contributed by atoms with E-state index >= 15 is 0 Å². The lowest BCUT2D eigenvalue weighted by Gasteiger charge is -2.21. The van der Waals surface area contributed by atoms with Gasteiger partial charge in [0.15, 0.2) is 0 Å². The smallest absolute Gasteiger partial charge is 0.314 e. The van der Waals surface area contributed by atoms with Gasteiger partial charge in [0, 0.05) is 12.5 Å². The third-order valence-electron chi connectivity index (χ3n) is 3.36. The second-order valence-corrected chi connectivity index (χ2v) is 6.00. The molecule has 0 fully saturated rings. The highest BCUT2D eigenvalue weighted by molar-refractivity contribution is 5.75. The Balaban J connectivity index is 1.98. The SMILES string of the molecule is CN[C@@H]1CCCc2onc(OCOC(=O)C(C)(C)C)c21. The lowest BCUT2D eigenvalue weighted by atomic mass is 9.93. The van der Waals surface area contributed by atoms with Gasteiger partial charge in [0.05, 0.1) is 11.0 Å². The van der Waals surface area contributed by atoms with Crippen LogP contribution in [0.25, 0.3) is 0 Å². The zero-order valence-corrected chi connectivity index (χ0v) is 12.5. The number of carbonyl (C=O) groups excluding carboxylic acids is 1. The summed E-state index contributed by atoms with van der Waals surface area (Å²) in [5, 5.41) is 7.15. The molecule has 0 unspecified atom stereocenters. The third kappa shape index (κ3) is 3.12. The number of hydrogen-bond acceptors (Lipinski definition) is 6. The van der Waals surface area contributed by atoms with Gasteiger partial charge in [-0.3, -0.25) is 4.79 Å². The Kier molecular flexibility index (Phi) is 4.32. The van der Waals surface area contributed by atoms with E-state index in [2.05, 4.69) is 10.5 Å². The molecule has 6 heteroatoms. The molecule has 1 aliphatic carbocycles. The summed E-state index contributed by atoms with van der Waals surface area (Å²) in [6, 6.07) is 0.179. The first kappa shape index (κ1) is 14.8. The van der Waals surface area contributed by atoms with Crippen LogP contribution in [0, 0.1) is 5.41 Å². The Bertz CT molecular complexity index is 476. The summed E-state index contributed by atoms with van der Waals surface area (Å²) < 4.78 is 15.8. The molecule has 2 rings (SSSR count). The Morgan fingerprint density at radius 3 is 2.90 bits per heavy atom. The summed E-state index contributed by atoms with van der Waals surface area (Å²) in [6.45, 7) is 5.24. The minimum Gasteiger partial charge on any atom is -0.437 e. The Morgan fingerprint density at radius 1 is 1.50 bits per heavy atom. The van der Waals surface area contributed by atoms with E-state index in [1.54, 1.807) is 20.8 Å². The summed E-state index contributed by atoms with van der Waals surface area (Å²) in [5.41, 5.74) is 0.408. The first-order valence-electron chi connectivity index (χ1n) is 6.89. The van der Waals surface area contributed by atoms with Crippen LogP contribution in [0.5, 0.6) is 5.88 Å². The van der Waals surface area contributed by atoms with Gasteiger partial charge in [0.25, 0.3) is 5.88 Å². The molecule has 0 saturated heterocycles. The lowest BCUT2D eigenvalue weighted by molar-refractivity contribution is -0.159. The average molecular weight is 282 g/mol. The van der Waals surface area contributed by atoms with Crippen molar-refractivity contribution in [2.24, 2.45) is 5.41 Å². The van der Waals surface area contributed by atoms with E-state index in [-0.39, 0.29) is 18.8 Å². The van der Waals surface area contributed by atoms with Crippen molar-refractivity contribution in [3.05, 3.63) is 11.3 Å². The van der Waals surface area contributed by atoms with Crippen LogP contribution in [-0.4, -0.2) is 25.0 Å². The first-order chi connectivity index (χ1) is 9.43. The summed E-state index contributed by atoms with van der Waals surface area (Å²) in [5.74, 6) is 0.966. The molecular formula is C14H22N2O4. The second-order valence-electron chi connectivity index (χ2n) is 6.00. The molecule has 112 valence electrons. The quantitative estimate of drug-likeness (QED) is 0.674. The Labute approximate surface area is 118 Å². The third-order valence-corrected chi connectivity index (χ3v) is 3.36. The van der Waals surface area contributed by atoms with E-state index < -0.39 is 5.41 Å². The van der Waals surface area contributed by atoms with Crippen LogP contribution < -0.4 is 10.1 Å². The van der Waals surface area contributed by atoms with Gasteiger partial charge >= 0.3 is 5.97 Å². The van der Waals surface area contributed by atoms with Crippen LogP contribution in [-0.2, 0) is 16.0 Å². The molecule has 1 N–H and O–H groups in total. The summed E-state index contributed by atoms with van der Waals surface area (Å²) in [4.78, 5) is 11.6. The fourth-order valence-corrected chi connectivity index (χ4v) is 2.20. The number of rotatable bonds is 4. The molecule has 0 bridgehead atoms. The van der Waals surface area contributed by atoms with Crippen molar-refractivity contribution < 1.29 is 18.8 Å². The molecule has 20 heavy (non-hydrogen) atoms. The average Bonchev–Trinajstić information content (AvgIpc) is 2.81. The number of nitrogens with zero attached hydrogens (tertiary/aromatic N) is 1. The van der Waals surface area contributed by atoms with Crippen LogP contribution in [0.2, 0.25) is 0 Å². The number of carbonyl (C=O) groups is 1. The van der Waals surface area contributed by atoms with Crippen molar-refractivity contribution in [2.75, 3.05) is 13.8 Å². The van der Waals surface area contributed by atoms with Crippen molar-refractivity contribution in [2.45, 2.75) is 46.1 Å². The molecule has 1 aliphatic rings. The first-order valence-corrected chi connectivity index (χ1v) is 6.89. The van der Waals surface area contributed by atoms with Gasteiger partial charge in [-0.1, -0.05) is 0 Å². The van der Waals surface area contributed by atoms with Crippen molar-refractivity contribution in [3.63, 3.8) is 0 Å². The molecule has 1 atom stereocenters. The standard InChI is InChI=1S/C14H22N2O4/c1-14(2,3)13(17)19-8-18-12-11-9(15-4)6-5-7-10(11)20-16-12/h9,15H,5-8H2,1-4H3/t9-/m1/s1. The minimum absolute atomic E-state index is 0.147. The predicted molar refractivity (Wildman–Crippen MR) is 72.3 cm³/mol. The number of esters is 1. The van der Waals surface area contributed by atoms with Crippen molar-refractivity contribution in [1.82, 2.24) is 10.5 Å². The number of aromatic nitrogens is 1. The molecule has 0 spiro atoms. The van der Waals surface area contributed by atoms with Gasteiger partial charge in [-0.05, 0) is 45.8 Å². The van der Waals surface area contributed by atoms with Gasteiger partial charge in [-0.2, -0.15) is 0 Å². The molecule has 0 amide bonds. The molecular weight excluding hydrogens is 260 g/mol. The number of fused-ring (bicyclic) bond motifs is 1. The van der Waals surface area contributed by atoms with Crippen LogP contribution in [0.3, 0.4) is 0 Å². The van der Waals surface area contributed by atoms with Gasteiger partial charge in [0.1, 0.15) is 5.76 Å². The fourth-order valence-electron chi connectivity index (χ4n) is 2.20. The highest BCUT2D eigenvalue weighted by Crippen LogP contribution is 2.36. The predicted octanol–water partition coefficient (Wildman–Crippen LogP) is 2.20. The van der Waals surface area contributed by atoms with E-state index in [0.717, 1.165) is 30.6 Å². The highest BCUT2D eigenvalue weighted by Gasteiger charge is 2.29. The maximum absolute atomic E-state index is 11.6. The molecule has 0 saturated carbocycles. The van der Waals surface area contributed by atoms with Crippen molar-refractivity contribution in [3.8, 4) is 5.88 Å². The summed E-state index contributed by atoms with van der Waals surface area (Å²) >= 11 is 0. The van der Waals surface area contributed by atoms with Gasteiger partial charge in [-0.15, -0.1) is 0 Å². The fraction of sp³-hybridized carbons (Fsp3) is 0.714. The van der Waals surface area contributed by atoms with Gasteiger partial charge < -0.3 is 19.3 Å². The molecule has 6 nitrogen and oxygen atoms in total. The molecule has 1 aromatic heterocycles. The lowest BCUT2D eigenvalue weighted by Crippen LogP contribution is -2.25. The van der Waals surface area contributed by atoms with E-state index in [4.69, 9.17) is 14.0 Å². The summed E-state index contributed by atoms with van der Waals surface area (Å²) in [7, 11) is 1.90. The minimum atomic E-state index is -0.542. The molecule has 0 aliphatic heterocycles. The van der Waals surface area contributed by atoms with E-state index in [1.807, 2.05) is 7.05 Å². The number of nitrogens with one attached hydrogen (secondary N) is 1. The van der Waals surface area contributed by atoms with Gasteiger partial charge in [0.2, 0.25) is 6.79 Å². The maximum atomic E-state index is 11.6. The van der Waals surface area contributed by atoms with Gasteiger partial charge in [-0.25, -0.2) is 0 Å². The molecule has 1 aromatic rings. The number of hydrogen-bond donors (Lipinski definition) is 1. The van der Waals surface area contributed by atoms with E-state index in [1.165, 1.54) is 0 Å². The van der Waals surface area contributed by atoms with Crippen molar-refractivity contribution in [1.29, 1.82) is 0 Å². The van der Waals surface area contributed by atoms with Crippen LogP contribution in [0.15, 0.2) is 4.52 Å². The molecule has 0 radical (unpaired) electrons. The Hall–Kier alpha value is -1.56. The zero-order valence-electron chi connectivity index (χ0n) is 12.5. The topological polar surface area (TPSA) is 73.6 Å². The number of ether oxygens (including phenoxy) is 2. The van der Waals surface area contributed by atoms with Crippen LogP contribution in [0.1, 0.15) is 51.0 Å². The van der Waals surface area contributed by atoms with E-state index in [9.17, 15) is 4.79 Å². The normalized spacial score (nSPS) is 18.5. The monoisotopic (exact) mass is 282 g/mol. The van der Waals surface area contributed by atoms with Crippen LogP contribution in [0.4, 0.5) is 0 Å². The Morgan fingerprint density at radius 2 is 2.25 bits per heavy atom. The highest BCUT2D eigenvalue weighted by atomic mass is 16.7. The van der Waals surface area contributed by atoms with Crippen molar-refractivity contribution >= 4 is 5.97 Å². The largest absolute Gasteiger partial charge is 0.437 e. The van der Waals surface area contributed by atoms with Crippen LogP contribution >= 0.6 is 0 Å². The maximum Gasteiger partial charge on any atom is 0.314 e. The zero-order chi connectivity index (χ0) is 14.8. The molecule has 0 aromatic carbocycles. The molecule has 1 heterocycles. The van der Waals surface area contributed by atoms with E-state index in [0.29, 0.717) is 5.88 Å². The summed E-state index contributed by atoms with van der Waals surface area (Å²) in [6.07, 6.45) is 2.95.